The molecule has 0 bridgehead atoms. The number of hydrogen-bond acceptors (Lipinski definition) is 2. The Bertz CT molecular complexity index is 436. The van der Waals surface area contributed by atoms with Crippen LogP contribution >= 0.6 is 0 Å². The van der Waals surface area contributed by atoms with Crippen molar-refractivity contribution >= 4 is 0 Å². The third-order valence-corrected chi connectivity index (χ3v) is 4.14. The second-order valence-corrected chi connectivity index (χ2v) is 7.27. The molecule has 1 heterocycles. The van der Waals surface area contributed by atoms with E-state index in [0.29, 0.717) is 5.41 Å². The molecule has 1 aliphatic rings. The summed E-state index contributed by atoms with van der Waals surface area (Å²) in [6.07, 6.45) is 6.00. The maximum atomic E-state index is 4.88. The molecule has 0 unspecified atom stereocenters. The van der Waals surface area contributed by atoms with Crippen LogP contribution in [-0.4, -0.2) is 15.8 Å². The molecule has 0 amide bonds. The van der Waals surface area contributed by atoms with Crippen molar-refractivity contribution in [2.75, 3.05) is 0 Å². The summed E-state index contributed by atoms with van der Waals surface area (Å²) >= 11 is 0. The molecule has 0 atom stereocenters. The predicted molar refractivity (Wildman–Crippen MR) is 84.9 cm³/mol. The lowest BCUT2D eigenvalue weighted by Crippen LogP contribution is -2.17. The molecule has 1 aliphatic carbocycles. The molecule has 1 aromatic rings. The first kappa shape index (κ1) is 15.6. The van der Waals surface area contributed by atoms with Gasteiger partial charge in [-0.1, -0.05) is 34.6 Å². The lowest BCUT2D eigenvalue weighted by atomic mass is 9.92. The van der Waals surface area contributed by atoms with E-state index in [1.807, 2.05) is 0 Å². The molecule has 20 heavy (non-hydrogen) atoms. The fourth-order valence-corrected chi connectivity index (χ4v) is 2.63. The Labute approximate surface area is 124 Å². The highest BCUT2D eigenvalue weighted by Gasteiger charge is 2.23. The van der Waals surface area contributed by atoms with Crippen LogP contribution in [0.15, 0.2) is 0 Å². The number of rotatable bonds is 7. The predicted octanol–water partition coefficient (Wildman–Crippen LogP) is 3.70. The van der Waals surface area contributed by atoms with Crippen LogP contribution in [0.2, 0.25) is 0 Å². The molecule has 1 N–H and O–H groups in total. The molecule has 0 spiro atoms. The first-order valence-electron chi connectivity index (χ1n) is 8.25. The highest BCUT2D eigenvalue weighted by Crippen LogP contribution is 2.24. The Balaban J connectivity index is 2.13. The van der Waals surface area contributed by atoms with E-state index in [-0.39, 0.29) is 0 Å². The Morgan fingerprint density at radius 2 is 1.90 bits per heavy atom. The monoisotopic (exact) mass is 277 g/mol. The van der Waals surface area contributed by atoms with Gasteiger partial charge < -0.3 is 5.32 Å². The first-order valence-corrected chi connectivity index (χ1v) is 8.25. The molecule has 3 nitrogen and oxygen atoms in total. The van der Waals surface area contributed by atoms with Crippen LogP contribution in [0.5, 0.6) is 0 Å². The lowest BCUT2D eigenvalue weighted by molar-refractivity contribution is 0.337. The van der Waals surface area contributed by atoms with Gasteiger partial charge in [0.15, 0.2) is 0 Å². The largest absolute Gasteiger partial charge is 0.310 e. The van der Waals surface area contributed by atoms with Crippen LogP contribution < -0.4 is 5.32 Å². The molecule has 3 heteroatoms. The van der Waals surface area contributed by atoms with Crippen LogP contribution in [0.1, 0.15) is 70.8 Å². The Morgan fingerprint density at radius 1 is 1.20 bits per heavy atom. The molecule has 0 saturated heterocycles. The second kappa shape index (κ2) is 6.30. The maximum absolute atomic E-state index is 4.88. The van der Waals surface area contributed by atoms with Crippen LogP contribution in [0.25, 0.3) is 0 Å². The quantitative estimate of drug-likeness (QED) is 0.823. The van der Waals surface area contributed by atoms with Crippen molar-refractivity contribution in [2.45, 2.75) is 85.9 Å². The van der Waals surface area contributed by atoms with Gasteiger partial charge >= 0.3 is 0 Å². The zero-order valence-electron chi connectivity index (χ0n) is 13.9. The van der Waals surface area contributed by atoms with Crippen molar-refractivity contribution in [3.05, 3.63) is 17.0 Å². The molecule has 0 aliphatic heterocycles. The van der Waals surface area contributed by atoms with Gasteiger partial charge in [-0.15, -0.1) is 0 Å². The van der Waals surface area contributed by atoms with E-state index >= 15 is 0 Å². The lowest BCUT2D eigenvalue weighted by Gasteiger charge is -2.18. The molecule has 0 radical (unpaired) electrons. The normalized spacial score (nSPS) is 15.8. The molecule has 114 valence electrons. The summed E-state index contributed by atoms with van der Waals surface area (Å²) in [6.45, 7) is 13.4. The molecular weight excluding hydrogens is 246 g/mol. The van der Waals surface area contributed by atoms with Crippen LogP contribution in [0, 0.1) is 5.41 Å². The molecule has 2 rings (SSSR count). The number of aryl methyl sites for hydroxylation is 2. The minimum atomic E-state index is 0.371. The Morgan fingerprint density at radius 3 is 2.40 bits per heavy atom. The van der Waals surface area contributed by atoms with Gasteiger partial charge in [-0.05, 0) is 37.5 Å². The van der Waals surface area contributed by atoms with Gasteiger partial charge in [-0.2, -0.15) is 5.10 Å². The molecule has 1 fully saturated rings. The first-order chi connectivity index (χ1) is 9.44. The average Bonchev–Trinajstić information content (AvgIpc) is 3.14. The van der Waals surface area contributed by atoms with Gasteiger partial charge in [0.1, 0.15) is 0 Å². The van der Waals surface area contributed by atoms with Crippen molar-refractivity contribution in [1.82, 2.24) is 15.1 Å². The minimum absolute atomic E-state index is 0.371. The summed E-state index contributed by atoms with van der Waals surface area (Å²) in [5.74, 6) is 0. The van der Waals surface area contributed by atoms with Crippen molar-refractivity contribution in [1.29, 1.82) is 0 Å². The standard InChI is InChI=1S/C17H31N3/c1-6-15-14(12-18-13-8-9-13)16(7-2)20(19-15)11-10-17(3,4)5/h13,18H,6-12H2,1-5H3. The van der Waals surface area contributed by atoms with Crippen molar-refractivity contribution in [2.24, 2.45) is 5.41 Å². The summed E-state index contributed by atoms with van der Waals surface area (Å²) in [4.78, 5) is 0. The van der Waals surface area contributed by atoms with E-state index in [4.69, 9.17) is 5.10 Å². The SMILES string of the molecule is CCc1nn(CCC(C)(C)C)c(CC)c1CNC1CC1. The van der Waals surface area contributed by atoms with E-state index in [1.165, 1.54) is 36.2 Å². The fraction of sp³-hybridized carbons (Fsp3) is 0.824. The summed E-state index contributed by atoms with van der Waals surface area (Å²) < 4.78 is 2.27. The topological polar surface area (TPSA) is 29.9 Å². The van der Waals surface area contributed by atoms with Crippen molar-refractivity contribution in [3.8, 4) is 0 Å². The van der Waals surface area contributed by atoms with Gasteiger partial charge in [-0.3, -0.25) is 4.68 Å². The van der Waals surface area contributed by atoms with Crippen molar-refractivity contribution in [3.63, 3.8) is 0 Å². The minimum Gasteiger partial charge on any atom is -0.310 e. The van der Waals surface area contributed by atoms with E-state index in [9.17, 15) is 0 Å². The van der Waals surface area contributed by atoms with E-state index in [1.54, 1.807) is 0 Å². The third-order valence-electron chi connectivity index (χ3n) is 4.14. The zero-order valence-corrected chi connectivity index (χ0v) is 13.9. The summed E-state index contributed by atoms with van der Waals surface area (Å²) in [5.41, 5.74) is 4.58. The average molecular weight is 277 g/mol. The van der Waals surface area contributed by atoms with Crippen LogP contribution in [0.4, 0.5) is 0 Å². The molecular formula is C17H31N3. The highest BCUT2D eigenvalue weighted by atomic mass is 15.3. The van der Waals surface area contributed by atoms with Gasteiger partial charge in [0.2, 0.25) is 0 Å². The van der Waals surface area contributed by atoms with E-state index < -0.39 is 0 Å². The fourth-order valence-electron chi connectivity index (χ4n) is 2.63. The Hall–Kier alpha value is -0.830. The third kappa shape index (κ3) is 4.08. The number of aromatic nitrogens is 2. The number of nitrogens with zero attached hydrogens (tertiary/aromatic N) is 2. The molecule has 0 aromatic carbocycles. The van der Waals surface area contributed by atoms with Gasteiger partial charge in [0.25, 0.3) is 0 Å². The summed E-state index contributed by atoms with van der Waals surface area (Å²) in [6, 6.07) is 0.766. The smallest absolute Gasteiger partial charge is 0.0669 e. The summed E-state index contributed by atoms with van der Waals surface area (Å²) in [5, 5.41) is 8.53. The van der Waals surface area contributed by atoms with Gasteiger partial charge in [0.05, 0.1) is 5.69 Å². The zero-order chi connectivity index (χ0) is 14.8. The Kier molecular flexibility index (Phi) is 4.90. The highest BCUT2D eigenvalue weighted by molar-refractivity contribution is 5.27. The van der Waals surface area contributed by atoms with Gasteiger partial charge in [0, 0.05) is 30.4 Å². The number of nitrogens with one attached hydrogen (secondary N) is 1. The molecule has 1 aromatic heterocycles. The van der Waals surface area contributed by atoms with Crippen LogP contribution in [-0.2, 0) is 25.9 Å². The summed E-state index contributed by atoms with van der Waals surface area (Å²) in [7, 11) is 0. The second-order valence-electron chi connectivity index (χ2n) is 7.27. The maximum Gasteiger partial charge on any atom is 0.0669 e. The molecule has 1 saturated carbocycles. The number of hydrogen-bond donors (Lipinski definition) is 1. The van der Waals surface area contributed by atoms with E-state index in [0.717, 1.165) is 32.0 Å². The van der Waals surface area contributed by atoms with Crippen LogP contribution in [0.3, 0.4) is 0 Å². The van der Waals surface area contributed by atoms with Crippen molar-refractivity contribution < 1.29 is 0 Å². The van der Waals surface area contributed by atoms with E-state index in [2.05, 4.69) is 44.6 Å². The van der Waals surface area contributed by atoms with Gasteiger partial charge in [-0.25, -0.2) is 0 Å².